The topological polar surface area (TPSA) is 115 Å². The van der Waals surface area contributed by atoms with E-state index in [9.17, 15) is 14.9 Å². The molecular formula is C21H22N6O4S. The highest BCUT2D eigenvalue weighted by Crippen LogP contribution is 2.30. The number of hydrogen-bond acceptors (Lipinski definition) is 8. The zero-order chi connectivity index (χ0) is 22.5. The highest BCUT2D eigenvalue weighted by atomic mass is 32.2. The number of carbonyl (C=O) groups excluding carboxylic acids is 1. The van der Waals surface area contributed by atoms with E-state index in [0.29, 0.717) is 48.7 Å². The number of nitrogens with zero attached hydrogens (tertiary/aromatic N) is 5. The molecule has 0 aliphatic carbocycles. The van der Waals surface area contributed by atoms with E-state index in [0.717, 1.165) is 5.56 Å². The summed E-state index contributed by atoms with van der Waals surface area (Å²) in [6.45, 7) is 3.87. The molecule has 3 aromatic rings. The third-order valence-electron chi connectivity index (χ3n) is 5.01. The second-order valence-electron chi connectivity index (χ2n) is 7.14. The van der Waals surface area contributed by atoms with E-state index in [1.54, 1.807) is 19.1 Å². The Kier molecular flexibility index (Phi) is 6.66. The Bertz CT molecular complexity index is 1110. The maximum atomic E-state index is 12.9. The average molecular weight is 455 g/mol. The fourth-order valence-corrected chi connectivity index (χ4v) is 4.23. The molecule has 0 radical (unpaired) electrons. The van der Waals surface area contributed by atoms with E-state index in [1.807, 2.05) is 35.2 Å². The molecule has 4 rings (SSSR count). The summed E-state index contributed by atoms with van der Waals surface area (Å²) in [5, 5.41) is 20.4. The molecule has 1 N–H and O–H groups in total. The van der Waals surface area contributed by atoms with Gasteiger partial charge in [0, 0.05) is 30.5 Å². The lowest BCUT2D eigenvalue weighted by atomic mass is 10.1. The van der Waals surface area contributed by atoms with Crippen molar-refractivity contribution < 1.29 is 14.5 Å². The van der Waals surface area contributed by atoms with Gasteiger partial charge < -0.3 is 9.64 Å². The van der Waals surface area contributed by atoms with E-state index in [4.69, 9.17) is 4.74 Å². The number of rotatable bonds is 7. The zero-order valence-corrected chi connectivity index (χ0v) is 18.2. The highest BCUT2D eigenvalue weighted by Gasteiger charge is 2.24. The fourth-order valence-electron chi connectivity index (χ4n) is 3.34. The van der Waals surface area contributed by atoms with Crippen LogP contribution in [0.2, 0.25) is 0 Å². The molecule has 2 heterocycles. The van der Waals surface area contributed by atoms with Crippen LogP contribution in [0.4, 0.5) is 11.4 Å². The number of aryl methyl sites for hydroxylation is 1. The van der Waals surface area contributed by atoms with E-state index in [1.165, 1.54) is 22.5 Å². The number of ether oxygens (including phenoxy) is 1. The molecular weight excluding hydrogens is 432 g/mol. The minimum atomic E-state index is -0.480. The van der Waals surface area contributed by atoms with Crippen LogP contribution in [0.25, 0.3) is 0 Å². The minimum Gasteiger partial charge on any atom is -0.378 e. The van der Waals surface area contributed by atoms with Gasteiger partial charge in [0.05, 0.1) is 18.1 Å². The van der Waals surface area contributed by atoms with Crippen LogP contribution >= 0.6 is 11.8 Å². The Balaban J connectivity index is 1.52. The van der Waals surface area contributed by atoms with Gasteiger partial charge in [0.25, 0.3) is 11.6 Å². The molecule has 0 bridgehead atoms. The van der Waals surface area contributed by atoms with Crippen molar-refractivity contribution in [2.45, 2.75) is 17.8 Å². The molecule has 10 nitrogen and oxygen atoms in total. The monoisotopic (exact) mass is 454 g/mol. The molecule has 166 valence electrons. The molecule has 1 fully saturated rings. The molecule has 1 aromatic heterocycles. The number of morpholine rings is 1. The van der Waals surface area contributed by atoms with E-state index in [2.05, 4.69) is 15.6 Å². The van der Waals surface area contributed by atoms with Crippen LogP contribution < -0.4 is 10.3 Å². The van der Waals surface area contributed by atoms with Gasteiger partial charge in [0.1, 0.15) is 11.5 Å². The first-order chi connectivity index (χ1) is 15.5. The van der Waals surface area contributed by atoms with Crippen molar-refractivity contribution >= 4 is 29.0 Å². The molecule has 0 saturated carbocycles. The van der Waals surface area contributed by atoms with Crippen molar-refractivity contribution in [3.05, 3.63) is 75.6 Å². The maximum Gasteiger partial charge on any atom is 0.293 e. The van der Waals surface area contributed by atoms with Gasteiger partial charge in [-0.3, -0.25) is 20.3 Å². The molecule has 0 unspecified atom stereocenters. The number of benzene rings is 2. The number of carbonyl (C=O) groups is 1. The average Bonchev–Trinajstić information content (AvgIpc) is 3.17. The first-order valence-electron chi connectivity index (χ1n) is 10.0. The molecule has 2 aromatic carbocycles. The van der Waals surface area contributed by atoms with Gasteiger partial charge in [-0.05, 0) is 24.6 Å². The molecule has 1 aliphatic rings. The summed E-state index contributed by atoms with van der Waals surface area (Å²) in [6.07, 6.45) is 0. The van der Waals surface area contributed by atoms with Crippen LogP contribution in [-0.4, -0.2) is 52.0 Å². The van der Waals surface area contributed by atoms with Crippen LogP contribution in [0, 0.1) is 17.0 Å². The van der Waals surface area contributed by atoms with Crippen molar-refractivity contribution in [1.82, 2.24) is 14.9 Å². The fraction of sp³-hybridized carbons (Fsp3) is 0.286. The van der Waals surface area contributed by atoms with E-state index >= 15 is 0 Å². The number of anilines is 1. The van der Waals surface area contributed by atoms with Gasteiger partial charge >= 0.3 is 0 Å². The number of amides is 1. The van der Waals surface area contributed by atoms with Crippen molar-refractivity contribution in [1.29, 1.82) is 0 Å². The molecule has 32 heavy (non-hydrogen) atoms. The standard InChI is InChI=1S/C21H22N6O4S/c1-15-22-23-21(32-14-16-5-3-2-4-6-16)26(15)24-20(28)17-7-8-18(19(13-17)27(29)30)25-9-11-31-12-10-25/h2-8,13H,9-12,14H2,1H3,(H,24,28). The molecule has 1 aliphatic heterocycles. The largest absolute Gasteiger partial charge is 0.378 e. The predicted octanol–water partition coefficient (Wildman–Crippen LogP) is 3.01. The number of nitro groups is 1. The van der Waals surface area contributed by atoms with Gasteiger partial charge in [-0.15, -0.1) is 10.2 Å². The summed E-state index contributed by atoms with van der Waals surface area (Å²) in [5.74, 6) is 0.689. The van der Waals surface area contributed by atoms with Crippen LogP contribution in [0.3, 0.4) is 0 Å². The molecule has 0 atom stereocenters. The van der Waals surface area contributed by atoms with Crippen molar-refractivity contribution in [2.75, 3.05) is 36.6 Å². The Morgan fingerprint density at radius 1 is 1.19 bits per heavy atom. The van der Waals surface area contributed by atoms with Crippen molar-refractivity contribution in [3.8, 4) is 0 Å². The van der Waals surface area contributed by atoms with Crippen molar-refractivity contribution in [2.24, 2.45) is 0 Å². The molecule has 1 saturated heterocycles. The van der Waals surface area contributed by atoms with Crippen LogP contribution in [0.5, 0.6) is 0 Å². The van der Waals surface area contributed by atoms with Gasteiger partial charge in [-0.25, -0.2) is 4.68 Å². The molecule has 0 spiro atoms. The first-order valence-corrected chi connectivity index (χ1v) is 11.0. The first kappa shape index (κ1) is 21.8. The summed E-state index contributed by atoms with van der Waals surface area (Å²) in [7, 11) is 0. The lowest BCUT2D eigenvalue weighted by Crippen LogP contribution is -2.36. The number of nitrogens with one attached hydrogen (secondary N) is 1. The second-order valence-corrected chi connectivity index (χ2v) is 8.08. The predicted molar refractivity (Wildman–Crippen MR) is 121 cm³/mol. The molecule has 1 amide bonds. The smallest absolute Gasteiger partial charge is 0.293 e. The SMILES string of the molecule is Cc1nnc(SCc2ccccc2)n1NC(=O)c1ccc(N2CCOCC2)c([N+](=O)[O-])c1. The summed E-state index contributed by atoms with van der Waals surface area (Å²) >= 11 is 1.44. The third kappa shape index (κ3) is 4.89. The Hall–Kier alpha value is -3.44. The number of aromatic nitrogens is 3. The van der Waals surface area contributed by atoms with E-state index in [-0.39, 0.29) is 11.3 Å². The van der Waals surface area contributed by atoms with Gasteiger partial charge in [-0.2, -0.15) is 0 Å². The Morgan fingerprint density at radius 3 is 2.66 bits per heavy atom. The highest BCUT2D eigenvalue weighted by molar-refractivity contribution is 7.98. The van der Waals surface area contributed by atoms with Gasteiger partial charge in [0.15, 0.2) is 0 Å². The maximum absolute atomic E-state index is 12.9. The number of nitro benzene ring substituents is 1. The number of thioether (sulfide) groups is 1. The normalized spacial score (nSPS) is 13.7. The lowest BCUT2D eigenvalue weighted by molar-refractivity contribution is -0.384. The van der Waals surface area contributed by atoms with Crippen LogP contribution in [-0.2, 0) is 10.5 Å². The summed E-state index contributed by atoms with van der Waals surface area (Å²) in [4.78, 5) is 26.0. The van der Waals surface area contributed by atoms with E-state index < -0.39 is 10.8 Å². The Morgan fingerprint density at radius 2 is 1.94 bits per heavy atom. The summed E-state index contributed by atoms with van der Waals surface area (Å²) < 4.78 is 6.82. The van der Waals surface area contributed by atoms with Crippen LogP contribution in [0.15, 0.2) is 53.7 Å². The summed E-state index contributed by atoms with van der Waals surface area (Å²) in [6, 6.07) is 14.4. The van der Waals surface area contributed by atoms with Gasteiger partial charge in [-0.1, -0.05) is 42.1 Å². The number of hydrogen-bond donors (Lipinski definition) is 1. The minimum absolute atomic E-state index is 0.112. The summed E-state index contributed by atoms with van der Waals surface area (Å²) in [5.41, 5.74) is 4.42. The lowest BCUT2D eigenvalue weighted by Gasteiger charge is -2.28. The Labute approximate surface area is 188 Å². The molecule has 11 heteroatoms. The van der Waals surface area contributed by atoms with Crippen LogP contribution in [0.1, 0.15) is 21.7 Å². The van der Waals surface area contributed by atoms with Crippen molar-refractivity contribution in [3.63, 3.8) is 0 Å². The second kappa shape index (κ2) is 9.79. The van der Waals surface area contributed by atoms with Gasteiger partial charge in [0.2, 0.25) is 5.16 Å². The zero-order valence-electron chi connectivity index (χ0n) is 17.4. The quantitative estimate of drug-likeness (QED) is 0.329. The third-order valence-corrected chi connectivity index (χ3v) is 6.01.